The van der Waals surface area contributed by atoms with Gasteiger partial charge in [-0.15, -0.1) is 11.3 Å². The molecule has 2 amide bonds. The van der Waals surface area contributed by atoms with Gasteiger partial charge >= 0.3 is 0 Å². The second-order valence-electron chi connectivity index (χ2n) is 8.59. The molecule has 1 aromatic carbocycles. The molecule has 9 nitrogen and oxygen atoms in total. The Bertz CT molecular complexity index is 1560. The van der Waals surface area contributed by atoms with Gasteiger partial charge in [0.25, 0.3) is 5.91 Å². The van der Waals surface area contributed by atoms with Gasteiger partial charge in [0, 0.05) is 35.2 Å². The zero-order valence-corrected chi connectivity index (χ0v) is 23.5. The van der Waals surface area contributed by atoms with Crippen LogP contribution in [0.3, 0.4) is 0 Å². The van der Waals surface area contributed by atoms with E-state index in [1.54, 1.807) is 18.0 Å². The number of benzene rings is 1. The number of rotatable bonds is 10. The topological polar surface area (TPSA) is 123 Å². The molecule has 198 valence electrons. The summed E-state index contributed by atoms with van der Waals surface area (Å²) in [6.07, 6.45) is 7.66. The molecule has 0 spiro atoms. The lowest BCUT2D eigenvalue weighted by Crippen LogP contribution is -2.44. The van der Waals surface area contributed by atoms with Gasteiger partial charge in [0.05, 0.1) is 17.5 Å². The van der Waals surface area contributed by atoms with Crippen molar-refractivity contribution >= 4 is 50.1 Å². The number of pyridine rings is 1. The van der Waals surface area contributed by atoms with Crippen LogP contribution in [-0.4, -0.2) is 58.5 Å². The maximum absolute atomic E-state index is 13.1. The van der Waals surface area contributed by atoms with Crippen LogP contribution in [0.25, 0.3) is 22.4 Å². The molecule has 4 rings (SSSR count). The number of hydrogen-bond acceptors (Lipinski definition) is 8. The summed E-state index contributed by atoms with van der Waals surface area (Å²) in [5.41, 5.74) is 4.82. The number of carbonyl (C=O) groups excluding carboxylic acids is 2. The molecule has 0 saturated heterocycles. The fourth-order valence-electron chi connectivity index (χ4n) is 3.70. The summed E-state index contributed by atoms with van der Waals surface area (Å²) in [5, 5.41) is 7.83. The lowest BCUT2D eigenvalue weighted by atomic mass is 10.0. The van der Waals surface area contributed by atoms with Crippen molar-refractivity contribution in [2.75, 3.05) is 23.6 Å². The van der Waals surface area contributed by atoms with Gasteiger partial charge in [-0.05, 0) is 60.7 Å². The zero-order valence-electron chi connectivity index (χ0n) is 21.0. The Kier molecular flexibility index (Phi) is 8.65. The number of hydrogen-bond donors (Lipinski definition) is 2. The van der Waals surface area contributed by atoms with Crippen molar-refractivity contribution < 1.29 is 18.0 Å². The summed E-state index contributed by atoms with van der Waals surface area (Å²) in [5.74, 6) is -0.277. The second-order valence-corrected chi connectivity index (χ2v) is 12.3. The maximum Gasteiger partial charge on any atom is 0.253 e. The van der Waals surface area contributed by atoms with Gasteiger partial charge in [0.2, 0.25) is 15.9 Å². The number of aromatic nitrogens is 3. The molecule has 4 aromatic rings. The van der Waals surface area contributed by atoms with Crippen LogP contribution in [0.15, 0.2) is 66.4 Å². The largest absolute Gasteiger partial charge is 0.340 e. The highest BCUT2D eigenvalue weighted by Gasteiger charge is 2.23. The van der Waals surface area contributed by atoms with Crippen molar-refractivity contribution in [2.45, 2.75) is 19.4 Å². The van der Waals surface area contributed by atoms with Crippen molar-refractivity contribution in [3.8, 4) is 22.4 Å². The van der Waals surface area contributed by atoms with Gasteiger partial charge in [-0.1, -0.05) is 18.2 Å². The van der Waals surface area contributed by atoms with E-state index in [1.165, 1.54) is 29.8 Å². The fraction of sp³-hybridized carbons (Fsp3) is 0.231. The minimum atomic E-state index is -3.51. The molecule has 2 N–H and O–H groups in total. The van der Waals surface area contributed by atoms with Crippen LogP contribution in [0.1, 0.15) is 22.5 Å². The molecule has 0 aliphatic carbocycles. The molecule has 0 saturated carbocycles. The van der Waals surface area contributed by atoms with E-state index in [1.807, 2.05) is 55.0 Å². The van der Waals surface area contributed by atoms with E-state index in [-0.39, 0.29) is 5.56 Å². The van der Waals surface area contributed by atoms with Gasteiger partial charge in [-0.3, -0.25) is 18.5 Å². The Morgan fingerprint density at radius 1 is 1.13 bits per heavy atom. The number of nitrogens with one attached hydrogen (secondary N) is 2. The van der Waals surface area contributed by atoms with Gasteiger partial charge in [0.15, 0.2) is 5.13 Å². The van der Waals surface area contributed by atoms with Crippen molar-refractivity contribution in [3.05, 3.63) is 77.7 Å². The number of thiazole rings is 1. The molecule has 3 heterocycles. The average molecular weight is 570 g/mol. The summed E-state index contributed by atoms with van der Waals surface area (Å²) >= 11 is 2.85. The number of carbonyl (C=O) groups is 2. The van der Waals surface area contributed by atoms with E-state index in [0.717, 1.165) is 38.3 Å². The molecule has 12 heteroatoms. The first kappa shape index (κ1) is 27.6. The highest BCUT2D eigenvalue weighted by atomic mass is 32.2. The van der Waals surface area contributed by atoms with E-state index in [2.05, 4.69) is 20.6 Å². The molecule has 0 aliphatic rings. The van der Waals surface area contributed by atoms with Crippen LogP contribution in [0.4, 0.5) is 5.13 Å². The second kappa shape index (κ2) is 11.9. The van der Waals surface area contributed by atoms with Crippen LogP contribution in [0.5, 0.6) is 0 Å². The SMILES string of the molecule is CSCCC(NC(=O)c1ccn(S(C)(=O)=O)c1)C(=O)Nc1nc(-c2cccc(-c3ccnc(C)c3)c2)cs1. The molecule has 0 aliphatic heterocycles. The van der Waals surface area contributed by atoms with E-state index in [9.17, 15) is 18.0 Å². The Balaban J connectivity index is 1.47. The van der Waals surface area contributed by atoms with Crippen molar-refractivity contribution in [1.29, 1.82) is 0 Å². The van der Waals surface area contributed by atoms with Crippen LogP contribution >= 0.6 is 23.1 Å². The standard InChI is InChI=1S/C26H27N5O4S3/c1-17-13-19(7-10-27-17)18-5-4-6-20(14-18)23-16-37-26(29-23)30-25(33)22(9-12-36-2)28-24(32)21-8-11-31(15-21)38(3,34)35/h4-8,10-11,13-16,22H,9,12H2,1-3H3,(H,28,32)(H,29,30,33). The predicted octanol–water partition coefficient (Wildman–Crippen LogP) is 4.28. The highest BCUT2D eigenvalue weighted by molar-refractivity contribution is 7.98. The minimum absolute atomic E-state index is 0.151. The molecule has 0 bridgehead atoms. The van der Waals surface area contributed by atoms with Gasteiger partial charge in [-0.25, -0.2) is 13.4 Å². The molecular weight excluding hydrogens is 543 g/mol. The summed E-state index contributed by atoms with van der Waals surface area (Å²) in [4.78, 5) is 34.7. The minimum Gasteiger partial charge on any atom is -0.340 e. The molecule has 38 heavy (non-hydrogen) atoms. The first-order valence-corrected chi connectivity index (χ1v) is 15.7. The third-order valence-electron chi connectivity index (χ3n) is 5.67. The van der Waals surface area contributed by atoms with E-state index in [4.69, 9.17) is 0 Å². The average Bonchev–Trinajstić information content (AvgIpc) is 3.57. The summed E-state index contributed by atoms with van der Waals surface area (Å²) in [6, 6.07) is 12.5. The first-order chi connectivity index (χ1) is 18.1. The monoisotopic (exact) mass is 569 g/mol. The number of anilines is 1. The summed E-state index contributed by atoms with van der Waals surface area (Å²) in [6.45, 7) is 1.95. The number of thioether (sulfide) groups is 1. The van der Waals surface area contributed by atoms with E-state index in [0.29, 0.717) is 17.3 Å². The molecule has 1 unspecified atom stereocenters. The third kappa shape index (κ3) is 6.88. The van der Waals surface area contributed by atoms with Crippen molar-refractivity contribution in [1.82, 2.24) is 19.3 Å². The van der Waals surface area contributed by atoms with Gasteiger partial charge in [0.1, 0.15) is 6.04 Å². The van der Waals surface area contributed by atoms with Crippen LogP contribution in [0, 0.1) is 6.92 Å². The van der Waals surface area contributed by atoms with Gasteiger partial charge in [-0.2, -0.15) is 11.8 Å². The molecule has 3 aromatic heterocycles. The van der Waals surface area contributed by atoms with E-state index >= 15 is 0 Å². The first-order valence-electron chi connectivity index (χ1n) is 11.6. The lowest BCUT2D eigenvalue weighted by Gasteiger charge is -2.17. The lowest BCUT2D eigenvalue weighted by molar-refractivity contribution is -0.118. The molecule has 0 radical (unpaired) electrons. The Hall–Kier alpha value is -3.48. The smallest absolute Gasteiger partial charge is 0.253 e. The van der Waals surface area contributed by atoms with Gasteiger partial charge < -0.3 is 10.6 Å². The van der Waals surface area contributed by atoms with Crippen molar-refractivity contribution in [3.63, 3.8) is 0 Å². The zero-order chi connectivity index (χ0) is 27.3. The molecule has 1 atom stereocenters. The van der Waals surface area contributed by atoms with Crippen LogP contribution in [0.2, 0.25) is 0 Å². The number of aryl methyl sites for hydroxylation is 1. The predicted molar refractivity (Wildman–Crippen MR) is 153 cm³/mol. The van der Waals surface area contributed by atoms with Crippen LogP contribution < -0.4 is 10.6 Å². The normalized spacial score (nSPS) is 12.2. The molecular formula is C26H27N5O4S3. The number of amides is 2. The Morgan fingerprint density at radius 3 is 2.61 bits per heavy atom. The summed E-state index contributed by atoms with van der Waals surface area (Å²) < 4.78 is 24.4. The van der Waals surface area contributed by atoms with Crippen molar-refractivity contribution in [2.24, 2.45) is 0 Å². The number of nitrogens with zero attached hydrogens (tertiary/aromatic N) is 3. The third-order valence-corrected chi connectivity index (χ3v) is 8.06. The Morgan fingerprint density at radius 2 is 1.89 bits per heavy atom. The molecule has 0 fully saturated rings. The van der Waals surface area contributed by atoms with E-state index < -0.39 is 27.9 Å². The Labute approximate surface area is 229 Å². The quantitative estimate of drug-likeness (QED) is 0.292. The highest BCUT2D eigenvalue weighted by Crippen LogP contribution is 2.29. The van der Waals surface area contributed by atoms with Crippen LogP contribution in [-0.2, 0) is 14.8 Å². The maximum atomic E-state index is 13.1. The summed E-state index contributed by atoms with van der Waals surface area (Å²) in [7, 11) is -3.51. The fourth-order valence-corrected chi connectivity index (χ4v) is 5.48.